The standard InChI is InChI=1S/C35H45N3O5.C35H44N2O5/c1-24-21-25(19-20-29(24)26-14-8-6-9-15-26)13-12-18-28(22-31(39)38-42)33(40)37-32(35(2,3)4)34(41)36-30(23-43-5)27-16-10-7-11-17-27;1-24-21-25(19-20-29(24)26-14-8-6-9-15-26)13-12-18-28(22-31(38)39)33(40)37-32(35(2,3)4)34(41)36-30(23-42-5)27-16-10-7-11-17-27/h6-11,14-17,19-21,28,30,32,42H,12-13,18,22-23H2,1-5H3,(H,36,41)(H,37,40)(H,38,39);6-11,14-17,19-21,28,30,32H,12-13,18,22-23H2,1-5H3,(H,36,41)(H,37,40)(H,38,39)/t2*28-,30?,32-/m11/s1. The van der Waals surface area contributed by atoms with Gasteiger partial charge < -0.3 is 35.8 Å². The monoisotopic (exact) mass is 1160 g/mol. The van der Waals surface area contributed by atoms with Crippen LogP contribution in [0.5, 0.6) is 0 Å². The molecule has 454 valence electrons. The van der Waals surface area contributed by atoms with Crippen LogP contribution in [0.25, 0.3) is 22.3 Å². The molecule has 6 aromatic carbocycles. The Labute approximate surface area is 503 Å². The van der Waals surface area contributed by atoms with Crippen molar-refractivity contribution < 1.29 is 48.6 Å². The number of carboxylic acids is 1. The molecule has 0 heterocycles. The van der Waals surface area contributed by atoms with Gasteiger partial charge in [0, 0.05) is 32.5 Å². The third-order valence-corrected chi connectivity index (χ3v) is 15.0. The van der Waals surface area contributed by atoms with Crippen molar-refractivity contribution >= 4 is 35.5 Å². The summed E-state index contributed by atoms with van der Waals surface area (Å²) in [5.74, 6) is -4.69. The molecule has 7 N–H and O–H groups in total. The molecule has 2 unspecified atom stereocenters. The second-order valence-corrected chi connectivity index (χ2v) is 24.0. The number of aryl methyl sites for hydroxylation is 4. The highest BCUT2D eigenvalue weighted by Gasteiger charge is 2.38. The van der Waals surface area contributed by atoms with Gasteiger partial charge in [-0.1, -0.05) is 199 Å². The Morgan fingerprint density at radius 3 is 1.14 bits per heavy atom. The van der Waals surface area contributed by atoms with E-state index in [0.717, 1.165) is 46.2 Å². The summed E-state index contributed by atoms with van der Waals surface area (Å²) >= 11 is 0. The fourth-order valence-electron chi connectivity index (χ4n) is 10.4. The van der Waals surface area contributed by atoms with Gasteiger partial charge in [-0.2, -0.15) is 0 Å². The molecule has 0 spiro atoms. The smallest absolute Gasteiger partial charge is 0.304 e. The maximum atomic E-state index is 13.6. The van der Waals surface area contributed by atoms with Crippen molar-refractivity contribution in [1.29, 1.82) is 0 Å². The average molecular weight is 1160 g/mol. The predicted octanol–water partition coefficient (Wildman–Crippen LogP) is 11.6. The Morgan fingerprint density at radius 1 is 0.471 bits per heavy atom. The molecule has 6 rings (SSSR count). The minimum atomic E-state index is -1.04. The van der Waals surface area contributed by atoms with Gasteiger partial charge in [-0.3, -0.25) is 34.0 Å². The van der Waals surface area contributed by atoms with Crippen molar-refractivity contribution in [2.24, 2.45) is 22.7 Å². The highest BCUT2D eigenvalue weighted by atomic mass is 16.5. The van der Waals surface area contributed by atoms with Crippen LogP contribution in [0.15, 0.2) is 158 Å². The number of carbonyl (C=O) groups excluding carboxylic acids is 5. The van der Waals surface area contributed by atoms with Crippen LogP contribution >= 0.6 is 0 Å². The molecule has 0 fully saturated rings. The molecular formula is C70H89N5O10. The van der Waals surface area contributed by atoms with E-state index in [9.17, 15) is 33.9 Å². The van der Waals surface area contributed by atoms with E-state index in [4.69, 9.17) is 14.7 Å². The summed E-state index contributed by atoms with van der Waals surface area (Å²) in [6.45, 7) is 16.0. The topological polar surface area (TPSA) is 221 Å². The largest absolute Gasteiger partial charge is 0.481 e. The maximum Gasteiger partial charge on any atom is 0.304 e. The lowest BCUT2D eigenvalue weighted by Crippen LogP contribution is -2.55. The second kappa shape index (κ2) is 33.5. The van der Waals surface area contributed by atoms with Crippen LogP contribution in [0.2, 0.25) is 0 Å². The van der Waals surface area contributed by atoms with Gasteiger partial charge in [0.1, 0.15) is 12.1 Å². The molecule has 6 aromatic rings. The zero-order valence-electron chi connectivity index (χ0n) is 51.2. The van der Waals surface area contributed by atoms with E-state index < -0.39 is 70.5 Å². The lowest BCUT2D eigenvalue weighted by atomic mass is 9.85. The van der Waals surface area contributed by atoms with Gasteiger partial charge >= 0.3 is 5.97 Å². The number of hydroxylamine groups is 1. The van der Waals surface area contributed by atoms with Crippen LogP contribution in [0.3, 0.4) is 0 Å². The molecule has 0 aromatic heterocycles. The number of amides is 5. The summed E-state index contributed by atoms with van der Waals surface area (Å²) in [5.41, 5.74) is 11.5. The summed E-state index contributed by atoms with van der Waals surface area (Å²) < 4.78 is 10.7. The zero-order valence-corrected chi connectivity index (χ0v) is 51.2. The number of ether oxygens (including phenoxy) is 2. The van der Waals surface area contributed by atoms with Gasteiger partial charge in [-0.25, -0.2) is 5.48 Å². The zero-order chi connectivity index (χ0) is 62.1. The minimum absolute atomic E-state index is 0.191. The summed E-state index contributed by atoms with van der Waals surface area (Å²) in [7, 11) is 3.14. The van der Waals surface area contributed by atoms with Crippen LogP contribution < -0.4 is 26.7 Å². The van der Waals surface area contributed by atoms with Crippen molar-refractivity contribution in [2.75, 3.05) is 27.4 Å². The SMILES string of the molecule is COCC(NC(=O)[C@@H](NC(=O)[C@H](CCCc1ccc(-c2ccccc2)c(C)c1)CC(=O)NO)C(C)(C)C)c1ccccc1.COCC(NC(=O)[C@@H](NC(=O)[C@H](CCCc1ccc(-c2ccccc2)c(C)c1)CC(=O)O)C(C)(C)C)c1ccccc1. The van der Waals surface area contributed by atoms with E-state index in [0.29, 0.717) is 25.7 Å². The lowest BCUT2D eigenvalue weighted by molar-refractivity contribution is -0.142. The number of hydrogen-bond acceptors (Lipinski definition) is 9. The first kappa shape index (κ1) is 67.8. The minimum Gasteiger partial charge on any atom is -0.481 e. The number of methoxy groups -OCH3 is 2. The fraction of sp³-hybridized carbons (Fsp3) is 0.400. The molecule has 15 nitrogen and oxygen atoms in total. The summed E-state index contributed by atoms with van der Waals surface area (Å²) in [5, 5.41) is 30.6. The first-order chi connectivity index (χ1) is 40.5. The molecule has 15 heteroatoms. The van der Waals surface area contributed by atoms with Crippen LogP contribution in [-0.2, 0) is 51.1 Å². The Kier molecular flexibility index (Phi) is 26.7. The number of carboxylic acid groups (broad SMARTS) is 1. The van der Waals surface area contributed by atoms with Crippen LogP contribution in [0.1, 0.15) is 126 Å². The average Bonchev–Trinajstić information content (AvgIpc) is 3.66. The highest BCUT2D eigenvalue weighted by Crippen LogP contribution is 2.29. The number of nitrogens with one attached hydrogen (secondary N) is 5. The van der Waals surface area contributed by atoms with Crippen molar-refractivity contribution in [3.8, 4) is 22.3 Å². The van der Waals surface area contributed by atoms with Crippen molar-refractivity contribution in [2.45, 2.75) is 131 Å². The summed E-state index contributed by atoms with van der Waals surface area (Å²) in [6.07, 6.45) is 3.05. The molecule has 85 heavy (non-hydrogen) atoms. The first-order valence-electron chi connectivity index (χ1n) is 29.3. The molecule has 0 aliphatic carbocycles. The quantitative estimate of drug-likeness (QED) is 0.0182. The van der Waals surface area contributed by atoms with Crippen LogP contribution in [0, 0.1) is 36.5 Å². The van der Waals surface area contributed by atoms with Gasteiger partial charge in [-0.05, 0) is 119 Å². The van der Waals surface area contributed by atoms with Gasteiger partial charge in [0.15, 0.2) is 0 Å². The normalized spacial score (nSPS) is 13.5. The number of benzene rings is 6. The molecule has 0 saturated carbocycles. The Bertz CT molecular complexity index is 3070. The van der Waals surface area contributed by atoms with E-state index >= 15 is 0 Å². The van der Waals surface area contributed by atoms with E-state index in [1.165, 1.54) is 22.3 Å². The maximum absolute atomic E-state index is 13.6. The first-order valence-corrected chi connectivity index (χ1v) is 29.3. The predicted molar refractivity (Wildman–Crippen MR) is 334 cm³/mol. The van der Waals surface area contributed by atoms with E-state index in [2.05, 4.69) is 95.8 Å². The molecule has 0 aliphatic rings. The third kappa shape index (κ3) is 21.9. The van der Waals surface area contributed by atoms with Crippen molar-refractivity contribution in [3.05, 3.63) is 191 Å². The number of aliphatic carboxylic acids is 1. The highest BCUT2D eigenvalue weighted by molar-refractivity contribution is 5.92. The summed E-state index contributed by atoms with van der Waals surface area (Å²) in [6, 6.07) is 49.6. The van der Waals surface area contributed by atoms with E-state index in [-0.39, 0.29) is 37.9 Å². The third-order valence-electron chi connectivity index (χ3n) is 15.0. The van der Waals surface area contributed by atoms with E-state index in [1.54, 1.807) is 19.7 Å². The molecule has 0 aliphatic heterocycles. The van der Waals surface area contributed by atoms with Gasteiger partial charge in [-0.15, -0.1) is 0 Å². The molecule has 0 bridgehead atoms. The summed E-state index contributed by atoms with van der Waals surface area (Å²) in [4.78, 5) is 77.9. The van der Waals surface area contributed by atoms with Gasteiger partial charge in [0.05, 0.1) is 31.7 Å². The number of hydrogen-bond donors (Lipinski definition) is 7. The second-order valence-electron chi connectivity index (χ2n) is 24.0. The van der Waals surface area contributed by atoms with Crippen LogP contribution in [0.4, 0.5) is 0 Å². The molecule has 0 radical (unpaired) electrons. The fourth-order valence-corrected chi connectivity index (χ4v) is 10.4. The Morgan fingerprint density at radius 2 is 0.824 bits per heavy atom. The van der Waals surface area contributed by atoms with E-state index in [1.807, 2.05) is 139 Å². The van der Waals surface area contributed by atoms with Crippen LogP contribution in [-0.4, -0.2) is 85.3 Å². The van der Waals surface area contributed by atoms with Gasteiger partial charge in [0.25, 0.3) is 0 Å². The molecular weight excluding hydrogens is 1070 g/mol. The number of rotatable bonds is 28. The van der Waals surface area contributed by atoms with Crippen molar-refractivity contribution in [1.82, 2.24) is 26.7 Å². The van der Waals surface area contributed by atoms with Gasteiger partial charge in [0.2, 0.25) is 29.5 Å². The molecule has 6 atom stereocenters. The Hall–Kier alpha value is -7.98. The van der Waals surface area contributed by atoms with Crippen molar-refractivity contribution in [3.63, 3.8) is 0 Å². The number of carbonyl (C=O) groups is 6. The lowest BCUT2D eigenvalue weighted by Gasteiger charge is -2.33. The molecule has 5 amide bonds. The Balaban J connectivity index is 0.000000311. The molecule has 0 saturated heterocycles.